The first kappa shape index (κ1) is 14.4. The van der Waals surface area contributed by atoms with E-state index in [1.165, 1.54) is 5.56 Å². The Balaban J connectivity index is 2.18. The van der Waals surface area contributed by atoms with Crippen molar-refractivity contribution in [1.29, 1.82) is 0 Å². The maximum absolute atomic E-state index is 12.5. The summed E-state index contributed by atoms with van der Waals surface area (Å²) < 4.78 is 0. The summed E-state index contributed by atoms with van der Waals surface area (Å²) in [5.74, 6) is -1.00. The normalized spacial score (nSPS) is 14.3. The summed E-state index contributed by atoms with van der Waals surface area (Å²) in [5, 5.41) is 12.1. The van der Waals surface area contributed by atoms with Gasteiger partial charge in [0, 0.05) is 30.4 Å². The average Bonchev–Trinajstić information content (AvgIpc) is 2.85. The van der Waals surface area contributed by atoms with E-state index in [1.54, 1.807) is 11.8 Å². The lowest BCUT2D eigenvalue weighted by molar-refractivity contribution is -0.138. The second-order valence-corrected chi connectivity index (χ2v) is 5.09. The zero-order valence-electron chi connectivity index (χ0n) is 11.8. The molecule has 1 aromatic rings. The molecule has 0 aromatic heterocycles. The molecule has 2 rings (SSSR count). The van der Waals surface area contributed by atoms with Crippen molar-refractivity contribution in [2.75, 3.05) is 18.4 Å². The standard InChI is InChI=1S/C15H20N2O3/c1-3-17(10(2)8-14(18)19)15(20)12-5-4-11-6-7-16-13(11)9-12/h4-5,9-10,16H,3,6-8H2,1-2H3,(H,18,19). The highest BCUT2D eigenvalue weighted by atomic mass is 16.4. The van der Waals surface area contributed by atoms with Gasteiger partial charge in [-0.15, -0.1) is 0 Å². The first-order valence-corrected chi connectivity index (χ1v) is 6.92. The third-order valence-corrected chi connectivity index (χ3v) is 3.67. The second kappa shape index (κ2) is 5.94. The third-order valence-electron chi connectivity index (χ3n) is 3.67. The van der Waals surface area contributed by atoms with Crippen LogP contribution in [-0.4, -0.2) is 41.0 Å². The Labute approximate surface area is 118 Å². The number of carboxylic acid groups (broad SMARTS) is 1. The molecule has 5 heteroatoms. The molecule has 1 atom stereocenters. The number of hydrogen-bond donors (Lipinski definition) is 2. The first-order chi connectivity index (χ1) is 9.52. The highest BCUT2D eigenvalue weighted by Gasteiger charge is 2.23. The lowest BCUT2D eigenvalue weighted by Crippen LogP contribution is -2.39. The molecule has 108 valence electrons. The van der Waals surface area contributed by atoms with Crippen LogP contribution in [0.3, 0.4) is 0 Å². The maximum Gasteiger partial charge on any atom is 0.305 e. The molecule has 1 aromatic carbocycles. The first-order valence-electron chi connectivity index (χ1n) is 6.92. The number of rotatable bonds is 5. The van der Waals surface area contributed by atoms with E-state index in [-0.39, 0.29) is 18.4 Å². The van der Waals surface area contributed by atoms with Gasteiger partial charge in [-0.05, 0) is 38.0 Å². The number of nitrogens with zero attached hydrogens (tertiary/aromatic N) is 1. The van der Waals surface area contributed by atoms with Gasteiger partial charge in [0.05, 0.1) is 6.42 Å². The minimum Gasteiger partial charge on any atom is -0.481 e. The number of carboxylic acids is 1. The van der Waals surface area contributed by atoms with E-state index >= 15 is 0 Å². The van der Waals surface area contributed by atoms with Crippen LogP contribution in [0.1, 0.15) is 36.2 Å². The van der Waals surface area contributed by atoms with Crippen LogP contribution in [0.25, 0.3) is 0 Å². The number of carbonyl (C=O) groups excluding carboxylic acids is 1. The van der Waals surface area contributed by atoms with Gasteiger partial charge >= 0.3 is 5.97 Å². The summed E-state index contributed by atoms with van der Waals surface area (Å²) in [6, 6.07) is 5.34. The second-order valence-electron chi connectivity index (χ2n) is 5.09. The maximum atomic E-state index is 12.5. The van der Waals surface area contributed by atoms with Gasteiger partial charge in [0.1, 0.15) is 0 Å². The van der Waals surface area contributed by atoms with E-state index in [9.17, 15) is 9.59 Å². The lowest BCUT2D eigenvalue weighted by atomic mass is 10.1. The Morgan fingerprint density at radius 1 is 1.45 bits per heavy atom. The molecular weight excluding hydrogens is 256 g/mol. The van der Waals surface area contributed by atoms with Crippen LogP contribution >= 0.6 is 0 Å². The molecule has 0 aliphatic carbocycles. The van der Waals surface area contributed by atoms with Crippen LogP contribution in [-0.2, 0) is 11.2 Å². The highest BCUT2D eigenvalue weighted by Crippen LogP contribution is 2.24. The van der Waals surface area contributed by atoms with Crippen molar-refractivity contribution in [3.05, 3.63) is 29.3 Å². The molecule has 1 aliphatic heterocycles. The molecule has 0 saturated heterocycles. The predicted molar refractivity (Wildman–Crippen MR) is 77.1 cm³/mol. The molecule has 0 bridgehead atoms. The van der Waals surface area contributed by atoms with Crippen molar-refractivity contribution in [3.63, 3.8) is 0 Å². The van der Waals surface area contributed by atoms with Crippen molar-refractivity contribution in [2.45, 2.75) is 32.7 Å². The topological polar surface area (TPSA) is 69.6 Å². The van der Waals surface area contributed by atoms with Crippen LogP contribution < -0.4 is 5.32 Å². The molecule has 0 radical (unpaired) electrons. The quantitative estimate of drug-likeness (QED) is 0.862. The molecule has 0 fully saturated rings. The fourth-order valence-electron chi connectivity index (χ4n) is 2.61. The van der Waals surface area contributed by atoms with E-state index < -0.39 is 5.97 Å². The molecule has 1 amide bonds. The Morgan fingerprint density at radius 2 is 2.20 bits per heavy atom. The van der Waals surface area contributed by atoms with Crippen LogP contribution in [0.15, 0.2) is 18.2 Å². The molecule has 1 aliphatic rings. The Bertz CT molecular complexity index is 528. The predicted octanol–water partition coefficient (Wildman–Crippen LogP) is 1.98. The number of amides is 1. The number of aliphatic carboxylic acids is 1. The van der Waals surface area contributed by atoms with E-state index in [2.05, 4.69) is 5.32 Å². The van der Waals surface area contributed by atoms with Gasteiger partial charge in [0.25, 0.3) is 5.91 Å². The molecule has 1 unspecified atom stereocenters. The van der Waals surface area contributed by atoms with E-state index in [1.807, 2.05) is 25.1 Å². The third kappa shape index (κ3) is 2.92. The molecule has 20 heavy (non-hydrogen) atoms. The van der Waals surface area contributed by atoms with Crippen LogP contribution in [0, 0.1) is 0 Å². The van der Waals surface area contributed by atoms with E-state index in [4.69, 9.17) is 5.11 Å². The summed E-state index contributed by atoms with van der Waals surface area (Å²) in [7, 11) is 0. The van der Waals surface area contributed by atoms with Gasteiger partial charge in [-0.1, -0.05) is 6.07 Å². The molecule has 5 nitrogen and oxygen atoms in total. The molecular formula is C15H20N2O3. The largest absolute Gasteiger partial charge is 0.481 e. The Morgan fingerprint density at radius 3 is 2.85 bits per heavy atom. The fourth-order valence-corrected chi connectivity index (χ4v) is 2.61. The van der Waals surface area contributed by atoms with Gasteiger partial charge in [-0.2, -0.15) is 0 Å². The Kier molecular flexibility index (Phi) is 4.27. The minimum atomic E-state index is -0.889. The van der Waals surface area contributed by atoms with Crippen LogP contribution in [0.5, 0.6) is 0 Å². The van der Waals surface area contributed by atoms with Gasteiger partial charge in [-0.3, -0.25) is 9.59 Å². The highest BCUT2D eigenvalue weighted by molar-refractivity contribution is 5.96. The van der Waals surface area contributed by atoms with Crippen molar-refractivity contribution in [3.8, 4) is 0 Å². The zero-order chi connectivity index (χ0) is 14.7. The SMILES string of the molecule is CCN(C(=O)c1ccc2c(c1)NCC2)C(C)CC(=O)O. The van der Waals surface area contributed by atoms with Crippen molar-refractivity contribution in [1.82, 2.24) is 4.90 Å². The minimum absolute atomic E-state index is 0.0389. The summed E-state index contributed by atoms with van der Waals surface area (Å²) in [5.41, 5.74) is 2.85. The number of carbonyl (C=O) groups is 2. The number of fused-ring (bicyclic) bond motifs is 1. The summed E-state index contributed by atoms with van der Waals surface area (Å²) >= 11 is 0. The van der Waals surface area contributed by atoms with Crippen molar-refractivity contribution in [2.24, 2.45) is 0 Å². The van der Waals surface area contributed by atoms with Crippen molar-refractivity contribution >= 4 is 17.6 Å². The summed E-state index contributed by atoms with van der Waals surface area (Å²) in [4.78, 5) is 24.9. The number of hydrogen-bond acceptors (Lipinski definition) is 3. The van der Waals surface area contributed by atoms with Gasteiger partial charge in [-0.25, -0.2) is 0 Å². The molecule has 0 saturated carbocycles. The summed E-state index contributed by atoms with van der Waals surface area (Å²) in [6.07, 6.45) is 0.944. The Hall–Kier alpha value is -2.04. The molecule has 1 heterocycles. The van der Waals surface area contributed by atoms with Crippen LogP contribution in [0.4, 0.5) is 5.69 Å². The van der Waals surface area contributed by atoms with E-state index in [0.29, 0.717) is 12.1 Å². The summed E-state index contributed by atoms with van der Waals surface area (Å²) in [6.45, 7) is 5.03. The lowest BCUT2D eigenvalue weighted by Gasteiger charge is -2.27. The fraction of sp³-hybridized carbons (Fsp3) is 0.467. The monoisotopic (exact) mass is 276 g/mol. The van der Waals surface area contributed by atoms with E-state index in [0.717, 1.165) is 18.7 Å². The molecule has 0 spiro atoms. The number of benzene rings is 1. The van der Waals surface area contributed by atoms with Gasteiger partial charge < -0.3 is 15.3 Å². The van der Waals surface area contributed by atoms with Crippen LogP contribution in [0.2, 0.25) is 0 Å². The van der Waals surface area contributed by atoms with Gasteiger partial charge in [0.15, 0.2) is 0 Å². The van der Waals surface area contributed by atoms with Crippen molar-refractivity contribution < 1.29 is 14.7 Å². The molecule has 2 N–H and O–H groups in total. The van der Waals surface area contributed by atoms with Gasteiger partial charge in [0.2, 0.25) is 0 Å². The average molecular weight is 276 g/mol. The zero-order valence-corrected chi connectivity index (χ0v) is 11.8. The number of nitrogens with one attached hydrogen (secondary N) is 1. The smallest absolute Gasteiger partial charge is 0.305 e. The number of anilines is 1.